The van der Waals surface area contributed by atoms with Crippen LogP contribution in [0.25, 0.3) is 0 Å². The number of hydrogen-bond donors (Lipinski definition) is 0. The topological polar surface area (TPSA) is 0 Å². The van der Waals surface area contributed by atoms with Crippen LogP contribution in [0.5, 0.6) is 0 Å². The summed E-state index contributed by atoms with van der Waals surface area (Å²) in [4.78, 5) is 0. The Balaban J connectivity index is 0. The van der Waals surface area contributed by atoms with E-state index in [2.05, 4.69) is 0 Å². The molecule has 0 aromatic rings. The van der Waals surface area contributed by atoms with E-state index < -0.39 is 0 Å². The third-order valence-electron chi connectivity index (χ3n) is 0. The molecule has 0 aromatic carbocycles. The molecule has 0 aliphatic carbocycles. The van der Waals surface area contributed by atoms with Crippen molar-refractivity contribution in [3.05, 3.63) is 0 Å². The minimum absolute atomic E-state index is 0. The second kappa shape index (κ2) is 19.6. The molecule has 1 radical (unpaired) electrons. The van der Waals surface area contributed by atoms with Crippen molar-refractivity contribution >= 4 is 27.0 Å². The zero-order chi connectivity index (χ0) is 0. The van der Waals surface area contributed by atoms with E-state index in [1.165, 1.54) is 0 Å². The quantitative estimate of drug-likeness (QED) is 0.545. The molecule has 31 valence electrons. The van der Waals surface area contributed by atoms with E-state index in [4.69, 9.17) is 0 Å². The summed E-state index contributed by atoms with van der Waals surface area (Å²) < 4.78 is 0. The van der Waals surface area contributed by atoms with Gasteiger partial charge in [-0.15, -0.1) is 0 Å². The zero-order valence-electron chi connectivity index (χ0n) is 1.47. The molecule has 0 aliphatic rings. The maximum atomic E-state index is 0. The summed E-state index contributed by atoms with van der Waals surface area (Å²) in [6.45, 7) is 0. The Kier molecular flexibility index (Phi) is 179. The summed E-state index contributed by atoms with van der Waals surface area (Å²) in [6.07, 6.45) is 0. The molecule has 0 fully saturated rings. The van der Waals surface area contributed by atoms with Crippen LogP contribution in [-0.4, -0.2) is 0 Å². The molecule has 0 saturated carbocycles. The molecular formula is AgRuS2. The second-order valence-electron chi connectivity index (χ2n) is 0. The molecule has 0 atom stereocenters. The fourth-order valence-corrected chi connectivity index (χ4v) is 0. The third-order valence-corrected chi connectivity index (χ3v) is 0. The van der Waals surface area contributed by atoms with E-state index in [0.29, 0.717) is 0 Å². The second-order valence-corrected chi connectivity index (χ2v) is 0. The molecule has 0 spiro atoms. The van der Waals surface area contributed by atoms with Gasteiger partial charge in [0.25, 0.3) is 0 Å². The predicted octanol–water partition coefficient (Wildman–Crippen LogP) is -0.00980. The van der Waals surface area contributed by atoms with Gasteiger partial charge in [0.1, 0.15) is 0 Å². The van der Waals surface area contributed by atoms with Crippen molar-refractivity contribution in [2.75, 3.05) is 0 Å². The van der Waals surface area contributed by atoms with E-state index in [1.54, 1.807) is 0 Å². The fourth-order valence-electron chi connectivity index (χ4n) is 0. The van der Waals surface area contributed by atoms with E-state index in [0.717, 1.165) is 0 Å². The summed E-state index contributed by atoms with van der Waals surface area (Å²) in [5.41, 5.74) is 0. The summed E-state index contributed by atoms with van der Waals surface area (Å²) >= 11 is 0. The summed E-state index contributed by atoms with van der Waals surface area (Å²) in [6, 6.07) is 0. The predicted molar refractivity (Wildman–Crippen MR) is 14.7 cm³/mol. The van der Waals surface area contributed by atoms with Crippen LogP contribution in [0.1, 0.15) is 0 Å². The van der Waals surface area contributed by atoms with Crippen molar-refractivity contribution in [1.82, 2.24) is 0 Å². The van der Waals surface area contributed by atoms with Crippen LogP contribution in [0.4, 0.5) is 0 Å². The Morgan fingerprint density at radius 1 is 0.750 bits per heavy atom. The van der Waals surface area contributed by atoms with E-state index in [1.807, 2.05) is 0 Å². The van der Waals surface area contributed by atoms with E-state index >= 15 is 0 Å². The van der Waals surface area contributed by atoms with Crippen LogP contribution < -0.4 is 0 Å². The van der Waals surface area contributed by atoms with Crippen LogP contribution in [0.2, 0.25) is 0 Å². The smallest absolute Gasteiger partial charge is 2.00 e. The van der Waals surface area contributed by atoms with Gasteiger partial charge in [0.05, 0.1) is 0 Å². The zero-order valence-corrected chi connectivity index (χ0v) is 6.32. The van der Waals surface area contributed by atoms with Gasteiger partial charge in [-0.25, -0.2) is 0 Å². The van der Waals surface area contributed by atoms with Crippen molar-refractivity contribution in [2.24, 2.45) is 0 Å². The molecule has 0 bridgehead atoms. The first-order valence-corrected chi connectivity index (χ1v) is 0. The average molecular weight is 273 g/mol. The van der Waals surface area contributed by atoms with E-state index in [-0.39, 0.29) is 68.8 Å². The van der Waals surface area contributed by atoms with Crippen LogP contribution in [-0.2, 0) is 68.8 Å². The summed E-state index contributed by atoms with van der Waals surface area (Å²) in [7, 11) is 0. The first kappa shape index (κ1) is 36.5. The first-order valence-electron chi connectivity index (χ1n) is 0. The summed E-state index contributed by atoms with van der Waals surface area (Å²) in [5.74, 6) is 0. The summed E-state index contributed by atoms with van der Waals surface area (Å²) in [5, 5.41) is 0. The minimum atomic E-state index is 0. The third kappa shape index (κ3) is 8.96. The van der Waals surface area contributed by atoms with E-state index in [9.17, 15) is 0 Å². The van der Waals surface area contributed by atoms with Gasteiger partial charge in [-0.2, -0.15) is 0 Å². The SMILES string of the molecule is [Ag+].[Ru+3].[S-2].[S-2]. The van der Waals surface area contributed by atoms with Crippen LogP contribution >= 0.6 is 0 Å². The van der Waals surface area contributed by atoms with Crippen molar-refractivity contribution < 1.29 is 41.9 Å². The molecule has 0 aliphatic heterocycles. The minimum Gasteiger partial charge on any atom is -2.00 e. The normalized spacial score (nSPS) is 0. The molecule has 0 N–H and O–H groups in total. The van der Waals surface area contributed by atoms with Crippen molar-refractivity contribution in [1.29, 1.82) is 0 Å². The molecule has 4 heavy (non-hydrogen) atoms. The van der Waals surface area contributed by atoms with Gasteiger partial charge in [-0.3, -0.25) is 0 Å². The van der Waals surface area contributed by atoms with Gasteiger partial charge in [0, 0.05) is 0 Å². The van der Waals surface area contributed by atoms with Gasteiger partial charge < -0.3 is 27.0 Å². The average Bonchev–Trinajstić information content (AvgIpc) is 0. The van der Waals surface area contributed by atoms with Crippen LogP contribution in [0.3, 0.4) is 0 Å². The maximum Gasteiger partial charge on any atom is 3.00 e. The standard InChI is InChI=1S/Ag.Ru.2S/q+1;+3;2*-2. The number of hydrogen-bond acceptors (Lipinski definition) is 0. The number of rotatable bonds is 0. The van der Waals surface area contributed by atoms with Crippen molar-refractivity contribution in [3.8, 4) is 0 Å². The van der Waals surface area contributed by atoms with Gasteiger partial charge in [-0.05, 0) is 0 Å². The molecule has 0 amide bonds. The Hall–Kier alpha value is 2.06. The van der Waals surface area contributed by atoms with Crippen LogP contribution in [0.15, 0.2) is 0 Å². The Morgan fingerprint density at radius 2 is 0.750 bits per heavy atom. The Labute approximate surface area is 68.3 Å². The largest absolute Gasteiger partial charge is 3.00 e. The van der Waals surface area contributed by atoms with Gasteiger partial charge in [-0.1, -0.05) is 0 Å². The van der Waals surface area contributed by atoms with Crippen molar-refractivity contribution in [2.45, 2.75) is 0 Å². The van der Waals surface area contributed by atoms with Crippen molar-refractivity contribution in [3.63, 3.8) is 0 Å². The monoisotopic (exact) mass is 273 g/mol. The Morgan fingerprint density at radius 3 is 0.750 bits per heavy atom. The molecule has 0 nitrogen and oxygen atoms in total. The molecule has 0 rings (SSSR count). The molecule has 0 heterocycles. The molecule has 0 unspecified atom stereocenters. The maximum absolute atomic E-state index is 0. The van der Waals surface area contributed by atoms with Crippen LogP contribution in [0, 0.1) is 0 Å². The van der Waals surface area contributed by atoms with Gasteiger partial charge >= 0.3 is 41.9 Å². The fraction of sp³-hybridized carbons (Fsp3) is 0. The Bertz CT molecular complexity index is 6.00. The molecule has 0 aromatic heterocycles. The molecular weight excluding hydrogens is 273 g/mol. The molecule has 0 saturated heterocycles. The first-order chi connectivity index (χ1) is 0. The van der Waals surface area contributed by atoms with Gasteiger partial charge in [0.2, 0.25) is 0 Å². The van der Waals surface area contributed by atoms with Gasteiger partial charge in [0.15, 0.2) is 0 Å². The molecule has 4 heteroatoms.